The van der Waals surface area contributed by atoms with Crippen molar-refractivity contribution in [2.24, 2.45) is 5.73 Å². The van der Waals surface area contributed by atoms with Crippen molar-refractivity contribution >= 4 is 5.78 Å². The van der Waals surface area contributed by atoms with Gasteiger partial charge in [0.2, 0.25) is 0 Å². The molecule has 0 bridgehead atoms. The molecule has 3 N–H and O–H groups in total. The standard InChI is InChI=1S/C21H27NO3.C7H10O.C2H4/c1-5-18(22)20(23)21(3,4)25-17-12-10-16(11-13-17)14-24-19-9-7-6-8-15(19)2;1-6-3-2-4-7(8)5-6;1-2/h6-13,18H,5,14,22H2,1-4H3;2-3,5,7-8H,4H2,1H3;1-2H2. The van der Waals surface area contributed by atoms with Crippen molar-refractivity contribution in [3.63, 3.8) is 0 Å². The van der Waals surface area contributed by atoms with Crippen molar-refractivity contribution in [3.8, 4) is 11.5 Å². The molecule has 0 aliphatic heterocycles. The molecule has 1 aliphatic rings. The van der Waals surface area contributed by atoms with Gasteiger partial charge in [-0.15, -0.1) is 13.2 Å². The Morgan fingerprint density at radius 1 is 1.14 bits per heavy atom. The topological polar surface area (TPSA) is 81.8 Å². The number of rotatable bonds is 8. The normalized spacial score (nSPS) is 15.4. The van der Waals surface area contributed by atoms with Crippen molar-refractivity contribution in [2.45, 2.75) is 71.8 Å². The molecular weight excluding hydrogens is 438 g/mol. The van der Waals surface area contributed by atoms with Crippen LogP contribution in [0.25, 0.3) is 0 Å². The van der Waals surface area contributed by atoms with Crippen LogP contribution in [-0.4, -0.2) is 28.6 Å². The average molecular weight is 480 g/mol. The van der Waals surface area contributed by atoms with Crippen molar-refractivity contribution in [1.29, 1.82) is 0 Å². The van der Waals surface area contributed by atoms with Gasteiger partial charge in [0, 0.05) is 0 Å². The number of Topliss-reactive ketones (excluding diaryl/α,β-unsaturated/α-hetero) is 1. The Bertz CT molecular complexity index is 976. The van der Waals surface area contributed by atoms with Crippen LogP contribution in [0.2, 0.25) is 0 Å². The van der Waals surface area contributed by atoms with Crippen molar-refractivity contribution in [3.05, 3.63) is 96.6 Å². The summed E-state index contributed by atoms with van der Waals surface area (Å²) in [5, 5.41) is 8.95. The van der Waals surface area contributed by atoms with Gasteiger partial charge in [-0.2, -0.15) is 0 Å². The van der Waals surface area contributed by atoms with E-state index < -0.39 is 11.6 Å². The predicted molar refractivity (Wildman–Crippen MR) is 145 cm³/mol. The Hall–Kier alpha value is -3.15. The summed E-state index contributed by atoms with van der Waals surface area (Å²) in [5.41, 5.74) is 8.19. The molecule has 2 aromatic carbocycles. The quantitative estimate of drug-likeness (QED) is 0.448. The maximum Gasteiger partial charge on any atom is 0.192 e. The predicted octanol–water partition coefficient (Wildman–Crippen LogP) is 6.09. The lowest BCUT2D eigenvalue weighted by molar-refractivity contribution is -0.133. The number of hydrogen-bond acceptors (Lipinski definition) is 5. The van der Waals surface area contributed by atoms with E-state index in [2.05, 4.69) is 13.2 Å². The molecule has 2 unspecified atom stereocenters. The highest BCUT2D eigenvalue weighted by atomic mass is 16.5. The number of ether oxygens (including phenoxy) is 2. The van der Waals surface area contributed by atoms with Crippen LogP contribution >= 0.6 is 0 Å². The second kappa shape index (κ2) is 15.0. The van der Waals surface area contributed by atoms with Crippen LogP contribution in [0, 0.1) is 6.92 Å². The number of para-hydroxylation sites is 1. The average Bonchev–Trinajstić information content (AvgIpc) is 2.85. The summed E-state index contributed by atoms with van der Waals surface area (Å²) in [6.07, 6.45) is 7.00. The van der Waals surface area contributed by atoms with E-state index in [9.17, 15) is 4.79 Å². The van der Waals surface area contributed by atoms with Gasteiger partial charge in [0.05, 0.1) is 12.1 Å². The molecule has 0 saturated heterocycles. The van der Waals surface area contributed by atoms with Gasteiger partial charge in [-0.1, -0.05) is 61.1 Å². The van der Waals surface area contributed by atoms with Gasteiger partial charge in [0.15, 0.2) is 11.4 Å². The number of aliphatic hydroxyl groups excluding tert-OH is 1. The molecular formula is C30H41NO4. The fourth-order valence-corrected chi connectivity index (χ4v) is 3.33. The van der Waals surface area contributed by atoms with Crippen LogP contribution in [0.1, 0.15) is 51.7 Å². The molecule has 190 valence electrons. The van der Waals surface area contributed by atoms with Crippen LogP contribution in [-0.2, 0) is 11.4 Å². The summed E-state index contributed by atoms with van der Waals surface area (Å²) in [5.74, 6) is 1.42. The van der Waals surface area contributed by atoms with E-state index in [4.69, 9.17) is 20.3 Å². The van der Waals surface area contributed by atoms with Crippen LogP contribution in [0.3, 0.4) is 0 Å². The van der Waals surface area contributed by atoms with Gasteiger partial charge in [-0.3, -0.25) is 4.79 Å². The van der Waals surface area contributed by atoms with Gasteiger partial charge in [0.1, 0.15) is 18.1 Å². The smallest absolute Gasteiger partial charge is 0.192 e. The van der Waals surface area contributed by atoms with E-state index in [1.807, 2.05) is 87.5 Å². The van der Waals surface area contributed by atoms with Crippen molar-refractivity contribution < 1.29 is 19.4 Å². The van der Waals surface area contributed by atoms with E-state index in [1.165, 1.54) is 0 Å². The molecule has 0 aromatic heterocycles. The second-order valence-electron chi connectivity index (χ2n) is 8.81. The van der Waals surface area contributed by atoms with Gasteiger partial charge in [-0.05, 0) is 69.9 Å². The molecule has 2 aromatic rings. The molecule has 2 atom stereocenters. The number of hydrogen-bond donors (Lipinski definition) is 2. The van der Waals surface area contributed by atoms with Crippen molar-refractivity contribution in [2.75, 3.05) is 0 Å². The monoisotopic (exact) mass is 479 g/mol. The first kappa shape index (κ1) is 29.9. The molecule has 5 heteroatoms. The first-order valence-electron chi connectivity index (χ1n) is 11.9. The highest BCUT2D eigenvalue weighted by Gasteiger charge is 2.33. The zero-order chi connectivity index (χ0) is 26.4. The zero-order valence-corrected chi connectivity index (χ0v) is 21.8. The SMILES string of the molecule is C=C.CC1=CC(O)CC=C1.CCC(N)C(=O)C(C)(C)Oc1ccc(COc2ccccc2C)cc1. The van der Waals surface area contributed by atoms with Crippen molar-refractivity contribution in [1.82, 2.24) is 0 Å². The third kappa shape index (κ3) is 10.3. The number of aliphatic hydroxyl groups is 1. The third-order valence-corrected chi connectivity index (χ3v) is 5.37. The maximum absolute atomic E-state index is 12.3. The Morgan fingerprint density at radius 3 is 2.29 bits per heavy atom. The Morgan fingerprint density at radius 2 is 1.77 bits per heavy atom. The molecule has 0 saturated carbocycles. The summed E-state index contributed by atoms with van der Waals surface area (Å²) in [6, 6.07) is 15.0. The number of nitrogens with two attached hydrogens (primary N) is 1. The Kier molecular flexibility index (Phi) is 12.8. The minimum absolute atomic E-state index is 0.0954. The zero-order valence-electron chi connectivity index (χ0n) is 21.8. The molecule has 0 amide bonds. The third-order valence-electron chi connectivity index (χ3n) is 5.37. The maximum atomic E-state index is 12.3. The number of ketones is 1. The van der Waals surface area contributed by atoms with Crippen LogP contribution in [0.4, 0.5) is 0 Å². The first-order valence-corrected chi connectivity index (χ1v) is 11.9. The van der Waals surface area contributed by atoms with Gasteiger partial charge in [-0.25, -0.2) is 0 Å². The van der Waals surface area contributed by atoms with Crippen LogP contribution in [0.15, 0.2) is 85.5 Å². The fraction of sp³-hybridized carbons (Fsp3) is 0.367. The fourth-order valence-electron chi connectivity index (χ4n) is 3.33. The Balaban J connectivity index is 0.000000512. The molecule has 35 heavy (non-hydrogen) atoms. The molecule has 0 spiro atoms. The number of aryl methyl sites for hydroxylation is 1. The lowest BCUT2D eigenvalue weighted by Crippen LogP contribution is -2.48. The van der Waals surface area contributed by atoms with E-state index in [-0.39, 0.29) is 11.9 Å². The van der Waals surface area contributed by atoms with Gasteiger partial charge in [0.25, 0.3) is 0 Å². The van der Waals surface area contributed by atoms with E-state index in [0.717, 1.165) is 28.9 Å². The number of carbonyl (C=O) groups is 1. The summed E-state index contributed by atoms with van der Waals surface area (Å²) in [4.78, 5) is 12.3. The summed E-state index contributed by atoms with van der Waals surface area (Å²) in [7, 11) is 0. The van der Waals surface area contributed by atoms with Gasteiger partial charge >= 0.3 is 0 Å². The Labute approximate surface area is 211 Å². The molecule has 0 heterocycles. The minimum Gasteiger partial charge on any atom is -0.489 e. The molecule has 1 aliphatic carbocycles. The highest BCUT2D eigenvalue weighted by Crippen LogP contribution is 2.22. The first-order chi connectivity index (χ1) is 16.6. The molecule has 5 nitrogen and oxygen atoms in total. The van der Waals surface area contributed by atoms with Crippen LogP contribution < -0.4 is 15.2 Å². The summed E-state index contributed by atoms with van der Waals surface area (Å²) >= 11 is 0. The van der Waals surface area contributed by atoms with E-state index in [0.29, 0.717) is 18.8 Å². The number of benzene rings is 2. The second-order valence-corrected chi connectivity index (χ2v) is 8.81. The molecule has 3 rings (SSSR count). The largest absolute Gasteiger partial charge is 0.489 e. The number of allylic oxidation sites excluding steroid dienone is 2. The minimum atomic E-state index is -0.950. The van der Waals surface area contributed by atoms with E-state index in [1.54, 1.807) is 13.8 Å². The molecule has 0 fully saturated rings. The lowest BCUT2D eigenvalue weighted by Gasteiger charge is -2.27. The van der Waals surface area contributed by atoms with Crippen LogP contribution in [0.5, 0.6) is 11.5 Å². The molecule has 0 radical (unpaired) electrons. The summed E-state index contributed by atoms with van der Waals surface area (Å²) in [6.45, 7) is 15.9. The number of carbonyl (C=O) groups excluding carboxylic acids is 1. The van der Waals surface area contributed by atoms with E-state index >= 15 is 0 Å². The summed E-state index contributed by atoms with van der Waals surface area (Å²) < 4.78 is 11.7. The lowest BCUT2D eigenvalue weighted by atomic mass is 9.96. The highest BCUT2D eigenvalue weighted by molar-refractivity contribution is 5.91. The van der Waals surface area contributed by atoms with Gasteiger partial charge < -0.3 is 20.3 Å².